The second-order valence-electron chi connectivity index (χ2n) is 1.44. The Hall–Kier alpha value is -1.02. The van der Waals surface area contributed by atoms with Crippen LogP contribution in [0, 0.1) is 6.07 Å². The van der Waals surface area contributed by atoms with Crippen molar-refractivity contribution in [2.24, 2.45) is 0 Å². The molecule has 0 saturated heterocycles. The minimum atomic E-state index is 0. The first-order valence-corrected chi connectivity index (χ1v) is 2.43. The molecule has 0 aliphatic rings. The Labute approximate surface area is 54.4 Å². The van der Waals surface area contributed by atoms with Gasteiger partial charge in [-0.15, -0.1) is 0 Å². The van der Waals surface area contributed by atoms with Gasteiger partial charge in [0, 0.05) is 0 Å². The van der Waals surface area contributed by atoms with Gasteiger partial charge in [-0.3, -0.25) is 0 Å². The minimum absolute atomic E-state index is 0. The van der Waals surface area contributed by atoms with Crippen LogP contribution in [0.5, 0.6) is 5.75 Å². The van der Waals surface area contributed by atoms with Crippen LogP contribution in [0.2, 0.25) is 0 Å². The van der Waals surface area contributed by atoms with E-state index in [4.69, 9.17) is 4.74 Å². The molecule has 0 aliphatic carbocycles. The summed E-state index contributed by atoms with van der Waals surface area (Å²) >= 11 is 0. The lowest BCUT2D eigenvalue weighted by atomic mass is 10.3. The lowest BCUT2D eigenvalue weighted by Gasteiger charge is -1.93. The van der Waals surface area contributed by atoms with E-state index >= 15 is 0 Å². The second kappa shape index (κ2) is 3.92. The van der Waals surface area contributed by atoms with Crippen LogP contribution in [0.4, 0.5) is 0 Å². The third kappa shape index (κ3) is 2.15. The Bertz CT molecular complexity index is 148. The van der Waals surface area contributed by atoms with Crippen molar-refractivity contribution in [1.82, 2.24) is 0 Å². The zero-order chi connectivity index (χ0) is 5.82. The van der Waals surface area contributed by atoms with Gasteiger partial charge in [-0.25, -0.2) is 0 Å². The maximum absolute atomic E-state index is 4.89. The van der Waals surface area contributed by atoms with Crippen molar-refractivity contribution in [2.45, 2.75) is 0 Å². The summed E-state index contributed by atoms with van der Waals surface area (Å²) in [5.41, 5.74) is 0. The molecule has 1 aromatic rings. The number of ether oxygens (including phenoxy) is 1. The van der Waals surface area contributed by atoms with Crippen LogP contribution in [0.15, 0.2) is 24.3 Å². The summed E-state index contributed by atoms with van der Waals surface area (Å²) in [6.07, 6.45) is 0. The molecule has 0 atom stereocenters. The van der Waals surface area contributed by atoms with Crippen LogP contribution in [0.3, 0.4) is 0 Å². The van der Waals surface area contributed by atoms with E-state index in [0.29, 0.717) is 0 Å². The Morgan fingerprint density at radius 2 is 1.89 bits per heavy atom. The van der Waals surface area contributed by atoms with Gasteiger partial charge >= 0.3 is 0 Å². The number of benzene rings is 1. The molecular weight excluding hydrogens is 116 g/mol. The highest BCUT2D eigenvalue weighted by Gasteiger charge is 1.80. The maximum atomic E-state index is 4.89. The van der Waals surface area contributed by atoms with Crippen molar-refractivity contribution in [3.05, 3.63) is 30.3 Å². The van der Waals surface area contributed by atoms with E-state index in [2.05, 4.69) is 6.07 Å². The van der Waals surface area contributed by atoms with Crippen molar-refractivity contribution in [3.63, 3.8) is 0 Å². The molecule has 1 radical (unpaired) electrons. The van der Waals surface area contributed by atoms with Crippen molar-refractivity contribution in [1.29, 1.82) is 0 Å². The fourth-order valence-electron chi connectivity index (χ4n) is 0.508. The highest BCUT2D eigenvalue weighted by atomic mass is 16.5. The Kier molecular flexibility index (Phi) is 3.48. The molecule has 2 heteroatoms. The summed E-state index contributed by atoms with van der Waals surface area (Å²) in [7, 11) is 1.65. The van der Waals surface area contributed by atoms with E-state index in [1.807, 2.05) is 24.3 Å². The lowest BCUT2D eigenvalue weighted by Crippen LogP contribution is -1.78. The summed E-state index contributed by atoms with van der Waals surface area (Å²) in [5, 5.41) is 0. The highest BCUT2D eigenvalue weighted by molar-refractivity contribution is 5.19. The van der Waals surface area contributed by atoms with Crippen molar-refractivity contribution in [2.75, 3.05) is 7.11 Å². The number of methoxy groups -OCH3 is 1. The van der Waals surface area contributed by atoms with Gasteiger partial charge in [-0.1, -0.05) is 12.1 Å². The zero-order valence-electron chi connectivity index (χ0n) is 5.22. The largest absolute Gasteiger partial charge is 0.497 e. The van der Waals surface area contributed by atoms with Gasteiger partial charge in [0.05, 0.1) is 7.11 Å². The predicted octanol–water partition coefficient (Wildman–Crippen LogP) is 0.671. The SMILES string of the molecule is COc1cc[c]cc1.O. The molecule has 0 bridgehead atoms. The zero-order valence-corrected chi connectivity index (χ0v) is 5.22. The Morgan fingerprint density at radius 3 is 2.22 bits per heavy atom. The quantitative estimate of drug-likeness (QED) is 0.543. The third-order valence-corrected chi connectivity index (χ3v) is 0.923. The van der Waals surface area contributed by atoms with E-state index in [9.17, 15) is 0 Å². The average molecular weight is 125 g/mol. The van der Waals surface area contributed by atoms with Crippen molar-refractivity contribution < 1.29 is 10.2 Å². The van der Waals surface area contributed by atoms with E-state index in [1.54, 1.807) is 7.11 Å². The topological polar surface area (TPSA) is 40.7 Å². The summed E-state index contributed by atoms with van der Waals surface area (Å²) in [5.74, 6) is 0.878. The van der Waals surface area contributed by atoms with Gasteiger partial charge in [-0.2, -0.15) is 0 Å². The lowest BCUT2D eigenvalue weighted by molar-refractivity contribution is 0.415. The Balaban J connectivity index is 0.000000640. The molecular formula is C7H9O2. The van der Waals surface area contributed by atoms with Crippen LogP contribution in [-0.4, -0.2) is 12.6 Å². The Morgan fingerprint density at radius 1 is 1.33 bits per heavy atom. The summed E-state index contributed by atoms with van der Waals surface area (Å²) in [6, 6.07) is 10.2. The molecule has 0 aliphatic heterocycles. The summed E-state index contributed by atoms with van der Waals surface area (Å²) in [4.78, 5) is 0. The van der Waals surface area contributed by atoms with Gasteiger partial charge in [0.25, 0.3) is 0 Å². The molecule has 1 aromatic carbocycles. The fourth-order valence-corrected chi connectivity index (χ4v) is 0.508. The van der Waals surface area contributed by atoms with E-state index in [1.165, 1.54) is 0 Å². The molecule has 49 valence electrons. The third-order valence-electron chi connectivity index (χ3n) is 0.923. The number of rotatable bonds is 1. The van der Waals surface area contributed by atoms with E-state index in [0.717, 1.165) is 5.75 Å². The molecule has 0 amide bonds. The molecule has 2 nitrogen and oxygen atoms in total. The van der Waals surface area contributed by atoms with Crippen molar-refractivity contribution >= 4 is 0 Å². The number of hydrogen-bond acceptors (Lipinski definition) is 1. The highest BCUT2D eigenvalue weighted by Crippen LogP contribution is 2.05. The molecule has 0 spiro atoms. The standard InChI is InChI=1S/C7H7O.H2O/c1-8-7-5-3-2-4-6-7;/h3-6H,1H3;1H2. The van der Waals surface area contributed by atoms with Crippen LogP contribution in [0.25, 0.3) is 0 Å². The molecule has 0 fully saturated rings. The molecule has 0 saturated carbocycles. The summed E-state index contributed by atoms with van der Waals surface area (Å²) in [6.45, 7) is 0. The first kappa shape index (κ1) is 7.98. The predicted molar refractivity (Wildman–Crippen MR) is 35.4 cm³/mol. The van der Waals surface area contributed by atoms with Crippen molar-refractivity contribution in [3.8, 4) is 5.75 Å². The van der Waals surface area contributed by atoms with Gasteiger partial charge in [0.2, 0.25) is 0 Å². The summed E-state index contributed by atoms with van der Waals surface area (Å²) < 4.78 is 4.89. The normalized spacial score (nSPS) is 7.67. The van der Waals surface area contributed by atoms with Gasteiger partial charge in [0.15, 0.2) is 0 Å². The molecule has 0 heterocycles. The first-order chi connectivity index (χ1) is 3.93. The number of hydrogen-bond donors (Lipinski definition) is 0. The van der Waals surface area contributed by atoms with Crippen LogP contribution in [-0.2, 0) is 0 Å². The van der Waals surface area contributed by atoms with Crippen LogP contribution >= 0.6 is 0 Å². The van der Waals surface area contributed by atoms with Crippen LogP contribution in [0.1, 0.15) is 0 Å². The fraction of sp³-hybridized carbons (Fsp3) is 0.143. The maximum Gasteiger partial charge on any atom is 0.118 e. The van der Waals surface area contributed by atoms with E-state index in [-0.39, 0.29) is 5.48 Å². The molecule has 9 heavy (non-hydrogen) atoms. The van der Waals surface area contributed by atoms with E-state index < -0.39 is 0 Å². The average Bonchev–Trinajstić information content (AvgIpc) is 1.90. The first-order valence-electron chi connectivity index (χ1n) is 2.43. The molecule has 0 aromatic heterocycles. The second-order valence-corrected chi connectivity index (χ2v) is 1.44. The van der Waals surface area contributed by atoms with Gasteiger partial charge < -0.3 is 10.2 Å². The van der Waals surface area contributed by atoms with Gasteiger partial charge in [0.1, 0.15) is 5.75 Å². The van der Waals surface area contributed by atoms with Gasteiger partial charge in [-0.05, 0) is 18.2 Å². The minimum Gasteiger partial charge on any atom is -0.497 e. The molecule has 2 N–H and O–H groups in total. The monoisotopic (exact) mass is 125 g/mol. The van der Waals surface area contributed by atoms with Crippen LogP contribution < -0.4 is 4.74 Å². The molecule has 0 unspecified atom stereocenters. The smallest absolute Gasteiger partial charge is 0.118 e. The molecule has 1 rings (SSSR count).